The summed E-state index contributed by atoms with van der Waals surface area (Å²) >= 11 is 4.79. The lowest BCUT2D eigenvalue weighted by Crippen LogP contribution is -2.46. The Hall–Kier alpha value is -0.850. The highest BCUT2D eigenvalue weighted by atomic mass is 32.1. The molecule has 0 aromatic rings. The maximum Gasteiger partial charge on any atom is 0.391 e. The zero-order valence-electron chi connectivity index (χ0n) is 10.2. The van der Waals surface area contributed by atoms with Gasteiger partial charge >= 0.3 is 6.18 Å². The fraction of sp³-hybridized carbons (Fsp3) is 0.818. The molecule has 1 unspecified atom stereocenters. The molecule has 1 aliphatic heterocycles. The number of rotatable bonds is 3. The van der Waals surface area contributed by atoms with Crippen LogP contribution in [0.2, 0.25) is 0 Å². The standard InChI is InChI=1S/C11H17F3N2OS/c1-2-8(9(15)18)10(17)16-5-3-7(4-6-16)11(12,13)14/h7-8H,2-6H2,1H3,(H2,15,18). The number of nitrogens with two attached hydrogens (primary N) is 1. The van der Waals surface area contributed by atoms with Gasteiger partial charge in [0.05, 0.1) is 16.8 Å². The highest BCUT2D eigenvalue weighted by molar-refractivity contribution is 7.80. The maximum absolute atomic E-state index is 12.5. The first-order valence-corrected chi connectivity index (χ1v) is 6.33. The van der Waals surface area contributed by atoms with Gasteiger partial charge in [-0.15, -0.1) is 0 Å². The van der Waals surface area contributed by atoms with Crippen LogP contribution >= 0.6 is 12.2 Å². The first kappa shape index (κ1) is 15.2. The third kappa shape index (κ3) is 3.57. The smallest absolute Gasteiger partial charge is 0.391 e. The Labute approximate surface area is 109 Å². The van der Waals surface area contributed by atoms with Crippen molar-refractivity contribution in [2.24, 2.45) is 17.6 Å². The topological polar surface area (TPSA) is 46.3 Å². The number of hydrogen-bond acceptors (Lipinski definition) is 2. The van der Waals surface area contributed by atoms with Crippen LogP contribution in [0.4, 0.5) is 13.2 Å². The quantitative estimate of drug-likeness (QED) is 0.806. The van der Waals surface area contributed by atoms with Crippen LogP contribution in [0.15, 0.2) is 0 Å². The summed E-state index contributed by atoms with van der Waals surface area (Å²) in [5.41, 5.74) is 5.46. The molecule has 0 aliphatic carbocycles. The second kappa shape index (κ2) is 5.86. The van der Waals surface area contributed by atoms with Gasteiger partial charge in [0.25, 0.3) is 0 Å². The molecular formula is C11H17F3N2OS. The molecule has 3 nitrogen and oxygen atoms in total. The molecule has 2 N–H and O–H groups in total. The number of carbonyl (C=O) groups is 1. The monoisotopic (exact) mass is 282 g/mol. The number of likely N-dealkylation sites (tertiary alicyclic amines) is 1. The molecule has 1 heterocycles. The van der Waals surface area contributed by atoms with Crippen molar-refractivity contribution in [1.82, 2.24) is 4.90 Å². The number of alkyl halides is 3. The molecule has 0 radical (unpaired) electrons. The van der Waals surface area contributed by atoms with Crippen molar-refractivity contribution in [2.75, 3.05) is 13.1 Å². The molecule has 18 heavy (non-hydrogen) atoms. The summed E-state index contributed by atoms with van der Waals surface area (Å²) < 4.78 is 37.4. The van der Waals surface area contributed by atoms with E-state index in [2.05, 4.69) is 0 Å². The molecule has 1 saturated heterocycles. The lowest BCUT2D eigenvalue weighted by Gasteiger charge is -2.34. The van der Waals surface area contributed by atoms with Crippen molar-refractivity contribution in [3.05, 3.63) is 0 Å². The van der Waals surface area contributed by atoms with Gasteiger partial charge in [0, 0.05) is 13.1 Å². The molecule has 7 heteroatoms. The van der Waals surface area contributed by atoms with Crippen molar-refractivity contribution in [3.63, 3.8) is 0 Å². The molecule has 0 saturated carbocycles. The van der Waals surface area contributed by atoms with Crippen LogP contribution in [-0.4, -0.2) is 35.1 Å². The lowest BCUT2D eigenvalue weighted by molar-refractivity contribution is -0.186. The minimum Gasteiger partial charge on any atom is -0.393 e. The van der Waals surface area contributed by atoms with Gasteiger partial charge in [0.15, 0.2) is 0 Å². The Kier molecular flexibility index (Phi) is 4.95. The molecule has 1 aliphatic rings. The van der Waals surface area contributed by atoms with E-state index in [4.69, 9.17) is 18.0 Å². The third-order valence-corrected chi connectivity index (χ3v) is 3.60. The van der Waals surface area contributed by atoms with E-state index in [9.17, 15) is 18.0 Å². The minimum atomic E-state index is -4.16. The largest absolute Gasteiger partial charge is 0.393 e. The van der Waals surface area contributed by atoms with Crippen LogP contribution in [0.3, 0.4) is 0 Å². The number of hydrogen-bond donors (Lipinski definition) is 1. The third-order valence-electron chi connectivity index (χ3n) is 3.32. The van der Waals surface area contributed by atoms with Crippen molar-refractivity contribution in [2.45, 2.75) is 32.4 Å². The van der Waals surface area contributed by atoms with E-state index in [1.165, 1.54) is 4.90 Å². The molecule has 1 amide bonds. The second-order valence-electron chi connectivity index (χ2n) is 4.50. The molecule has 104 valence electrons. The van der Waals surface area contributed by atoms with Gasteiger partial charge in [-0.25, -0.2) is 0 Å². The molecule has 1 fully saturated rings. The van der Waals surface area contributed by atoms with Gasteiger partial charge in [0.1, 0.15) is 0 Å². The van der Waals surface area contributed by atoms with Gasteiger partial charge < -0.3 is 10.6 Å². The summed E-state index contributed by atoms with van der Waals surface area (Å²) in [6.07, 6.45) is -3.76. The van der Waals surface area contributed by atoms with Crippen molar-refractivity contribution in [3.8, 4) is 0 Å². The highest BCUT2D eigenvalue weighted by Gasteiger charge is 2.42. The predicted octanol–water partition coefficient (Wildman–Crippen LogP) is 2.10. The van der Waals surface area contributed by atoms with E-state index >= 15 is 0 Å². The summed E-state index contributed by atoms with van der Waals surface area (Å²) in [5, 5.41) is 0. The van der Waals surface area contributed by atoms with Crippen molar-refractivity contribution < 1.29 is 18.0 Å². The Bertz CT molecular complexity index is 325. The zero-order valence-corrected chi connectivity index (χ0v) is 11.0. The summed E-state index contributed by atoms with van der Waals surface area (Å²) in [7, 11) is 0. The van der Waals surface area contributed by atoms with E-state index in [0.29, 0.717) is 6.42 Å². The van der Waals surface area contributed by atoms with Crippen LogP contribution in [0.5, 0.6) is 0 Å². The van der Waals surface area contributed by atoms with Crippen LogP contribution in [-0.2, 0) is 4.79 Å². The van der Waals surface area contributed by atoms with E-state index in [1.807, 2.05) is 0 Å². The predicted molar refractivity (Wildman–Crippen MR) is 65.9 cm³/mol. The number of nitrogens with zero attached hydrogens (tertiary/aromatic N) is 1. The van der Waals surface area contributed by atoms with Crippen LogP contribution in [0.1, 0.15) is 26.2 Å². The van der Waals surface area contributed by atoms with Gasteiger partial charge in [0.2, 0.25) is 5.91 Å². The average molecular weight is 282 g/mol. The Morgan fingerprint density at radius 3 is 2.28 bits per heavy atom. The van der Waals surface area contributed by atoms with E-state index in [1.54, 1.807) is 6.92 Å². The Balaban J connectivity index is 2.58. The number of halogens is 3. The molecular weight excluding hydrogens is 265 g/mol. The summed E-state index contributed by atoms with van der Waals surface area (Å²) in [4.78, 5) is 13.6. The fourth-order valence-electron chi connectivity index (χ4n) is 2.15. The van der Waals surface area contributed by atoms with Gasteiger partial charge in [-0.3, -0.25) is 4.79 Å². The Morgan fingerprint density at radius 1 is 1.44 bits per heavy atom. The summed E-state index contributed by atoms with van der Waals surface area (Å²) in [5.74, 6) is -2.10. The summed E-state index contributed by atoms with van der Waals surface area (Å²) in [6.45, 7) is 2.04. The summed E-state index contributed by atoms with van der Waals surface area (Å²) in [6, 6.07) is 0. The minimum absolute atomic E-state index is 0.0387. The molecule has 0 bridgehead atoms. The van der Waals surface area contributed by atoms with Crippen molar-refractivity contribution >= 4 is 23.1 Å². The molecule has 0 aromatic heterocycles. The van der Waals surface area contributed by atoms with Crippen LogP contribution in [0.25, 0.3) is 0 Å². The molecule has 1 rings (SSSR count). The first-order chi connectivity index (χ1) is 8.27. The van der Waals surface area contributed by atoms with E-state index in [0.717, 1.165) is 0 Å². The van der Waals surface area contributed by atoms with Crippen LogP contribution in [0, 0.1) is 11.8 Å². The van der Waals surface area contributed by atoms with Gasteiger partial charge in [-0.1, -0.05) is 19.1 Å². The molecule has 0 spiro atoms. The number of thiocarbonyl (C=S) groups is 1. The van der Waals surface area contributed by atoms with Crippen LogP contribution < -0.4 is 5.73 Å². The van der Waals surface area contributed by atoms with Gasteiger partial charge in [-0.05, 0) is 19.3 Å². The Morgan fingerprint density at radius 2 is 1.94 bits per heavy atom. The van der Waals surface area contributed by atoms with Crippen molar-refractivity contribution in [1.29, 1.82) is 0 Å². The average Bonchev–Trinajstić information content (AvgIpc) is 2.28. The zero-order chi connectivity index (χ0) is 13.9. The van der Waals surface area contributed by atoms with Gasteiger partial charge in [-0.2, -0.15) is 13.2 Å². The fourth-order valence-corrected chi connectivity index (χ4v) is 2.41. The highest BCUT2D eigenvalue weighted by Crippen LogP contribution is 2.34. The first-order valence-electron chi connectivity index (χ1n) is 5.92. The second-order valence-corrected chi connectivity index (χ2v) is 4.98. The van der Waals surface area contributed by atoms with E-state index < -0.39 is 18.0 Å². The number of piperidine rings is 1. The lowest BCUT2D eigenvalue weighted by atomic mass is 9.94. The molecule has 1 atom stereocenters. The maximum atomic E-state index is 12.5. The SMILES string of the molecule is CCC(C(=O)N1CCC(C(F)(F)F)CC1)C(N)=S. The van der Waals surface area contributed by atoms with E-state index in [-0.39, 0.29) is 36.8 Å². The number of carbonyl (C=O) groups excluding carboxylic acids is 1. The number of amides is 1. The molecule has 0 aromatic carbocycles. The normalized spacial score (nSPS) is 19.7.